The third kappa shape index (κ3) is 12.0. The molecule has 1 N–H and O–H groups in total. The summed E-state index contributed by atoms with van der Waals surface area (Å²) in [7, 11) is 0. The molecule has 0 aromatic carbocycles. The quantitative estimate of drug-likeness (QED) is 0.541. The summed E-state index contributed by atoms with van der Waals surface area (Å²) in [6.07, 6.45) is 8.20. The van der Waals surface area contributed by atoms with E-state index < -0.39 is 0 Å². The van der Waals surface area contributed by atoms with E-state index in [-0.39, 0.29) is 0 Å². The summed E-state index contributed by atoms with van der Waals surface area (Å²) >= 11 is 0. The highest BCUT2D eigenvalue weighted by molar-refractivity contribution is 4.50. The van der Waals surface area contributed by atoms with Gasteiger partial charge in [0.1, 0.15) is 0 Å². The molecule has 0 atom stereocenters. The number of hydrogen-bond donors (Lipinski definition) is 1. The first-order valence-electron chi connectivity index (χ1n) is 5.98. The lowest BCUT2D eigenvalue weighted by Crippen LogP contribution is -2.16. The second kappa shape index (κ2) is 10.0. The van der Waals surface area contributed by atoms with Gasteiger partial charge in [-0.05, 0) is 31.8 Å². The Labute approximate surface area is 84.3 Å². The Hall–Kier alpha value is -0.0400. The Morgan fingerprint density at radius 3 is 2.23 bits per heavy atom. The van der Waals surface area contributed by atoms with E-state index >= 15 is 0 Å². The molecule has 0 saturated carbocycles. The second-order valence-electron chi connectivity index (χ2n) is 4.35. The summed E-state index contributed by atoms with van der Waals surface area (Å²) in [5.74, 6) is 0.882. The van der Waals surface area contributed by atoms with E-state index in [0.717, 1.165) is 5.92 Å². The molecule has 0 aliphatic heterocycles. The fraction of sp³-hybridized carbons (Fsp3) is 1.00. The maximum Gasteiger partial charge on any atom is -0.00489 e. The molecule has 0 aromatic rings. The molecule has 13 heavy (non-hydrogen) atoms. The lowest BCUT2D eigenvalue weighted by molar-refractivity contribution is 0.513. The zero-order chi connectivity index (χ0) is 9.94. The van der Waals surface area contributed by atoms with Gasteiger partial charge in [-0.3, -0.25) is 0 Å². The van der Waals surface area contributed by atoms with Gasteiger partial charge < -0.3 is 5.32 Å². The Balaban J connectivity index is 2.84. The Morgan fingerprint density at radius 2 is 1.62 bits per heavy atom. The van der Waals surface area contributed by atoms with Crippen LogP contribution < -0.4 is 5.32 Å². The molecule has 0 fully saturated rings. The summed E-state index contributed by atoms with van der Waals surface area (Å²) in [6.45, 7) is 9.28. The minimum Gasteiger partial charge on any atom is -0.317 e. The van der Waals surface area contributed by atoms with Gasteiger partial charge in [0.05, 0.1) is 0 Å². The van der Waals surface area contributed by atoms with Crippen LogP contribution in [0.1, 0.15) is 59.3 Å². The number of rotatable bonds is 9. The van der Waals surface area contributed by atoms with Crippen molar-refractivity contribution < 1.29 is 0 Å². The second-order valence-corrected chi connectivity index (χ2v) is 4.35. The molecule has 0 radical (unpaired) electrons. The van der Waals surface area contributed by atoms with Crippen LogP contribution in [-0.4, -0.2) is 13.1 Å². The van der Waals surface area contributed by atoms with Crippen LogP contribution in [-0.2, 0) is 0 Å². The molecule has 0 rings (SSSR count). The number of nitrogens with one attached hydrogen (secondary N) is 1. The van der Waals surface area contributed by atoms with Crippen molar-refractivity contribution >= 4 is 0 Å². The van der Waals surface area contributed by atoms with Crippen LogP contribution in [0, 0.1) is 5.92 Å². The van der Waals surface area contributed by atoms with E-state index in [1.165, 1.54) is 51.6 Å². The fourth-order valence-corrected chi connectivity index (χ4v) is 1.41. The number of unbranched alkanes of at least 4 members (excludes halogenated alkanes) is 3. The van der Waals surface area contributed by atoms with E-state index in [4.69, 9.17) is 0 Å². The highest BCUT2D eigenvalue weighted by Gasteiger charge is 1.93. The van der Waals surface area contributed by atoms with E-state index in [1.54, 1.807) is 0 Å². The summed E-state index contributed by atoms with van der Waals surface area (Å²) in [4.78, 5) is 0. The van der Waals surface area contributed by atoms with Gasteiger partial charge in [-0.15, -0.1) is 0 Å². The van der Waals surface area contributed by atoms with Gasteiger partial charge in [-0.25, -0.2) is 0 Å². The Morgan fingerprint density at radius 1 is 0.923 bits per heavy atom. The van der Waals surface area contributed by atoms with Gasteiger partial charge in [0.2, 0.25) is 0 Å². The molecule has 1 nitrogen and oxygen atoms in total. The van der Waals surface area contributed by atoms with Gasteiger partial charge in [0.15, 0.2) is 0 Å². The predicted octanol–water partition coefficient (Wildman–Crippen LogP) is 3.59. The first-order valence-corrected chi connectivity index (χ1v) is 5.98. The van der Waals surface area contributed by atoms with Gasteiger partial charge in [0, 0.05) is 0 Å². The smallest absolute Gasteiger partial charge is 0.00489 e. The highest BCUT2D eigenvalue weighted by Crippen LogP contribution is 2.07. The molecule has 0 aromatic heterocycles. The minimum atomic E-state index is 0.882. The highest BCUT2D eigenvalue weighted by atomic mass is 14.8. The van der Waals surface area contributed by atoms with Crippen LogP contribution in [0.4, 0.5) is 0 Å². The Bertz CT molecular complexity index is 89.1. The first-order chi connectivity index (χ1) is 6.27. The van der Waals surface area contributed by atoms with Crippen molar-refractivity contribution in [1.29, 1.82) is 0 Å². The first kappa shape index (κ1) is 13.0. The lowest BCUT2D eigenvalue weighted by Gasteiger charge is -2.05. The molecule has 0 unspecified atom stereocenters. The van der Waals surface area contributed by atoms with Crippen molar-refractivity contribution in [2.45, 2.75) is 59.3 Å². The predicted molar refractivity (Wildman–Crippen MR) is 61.1 cm³/mol. The number of hydrogen-bond acceptors (Lipinski definition) is 1. The molecule has 1 heteroatoms. The molecule has 0 amide bonds. The topological polar surface area (TPSA) is 12.0 Å². The van der Waals surface area contributed by atoms with E-state index in [2.05, 4.69) is 26.1 Å². The van der Waals surface area contributed by atoms with Crippen LogP contribution in [0.5, 0.6) is 0 Å². The van der Waals surface area contributed by atoms with Crippen molar-refractivity contribution in [3.63, 3.8) is 0 Å². The fourth-order valence-electron chi connectivity index (χ4n) is 1.41. The van der Waals surface area contributed by atoms with Crippen LogP contribution >= 0.6 is 0 Å². The molecule has 80 valence electrons. The van der Waals surface area contributed by atoms with Crippen LogP contribution in [0.2, 0.25) is 0 Å². The van der Waals surface area contributed by atoms with Gasteiger partial charge in [-0.2, -0.15) is 0 Å². The van der Waals surface area contributed by atoms with Crippen LogP contribution in [0.15, 0.2) is 0 Å². The van der Waals surface area contributed by atoms with E-state index in [9.17, 15) is 0 Å². The van der Waals surface area contributed by atoms with Crippen molar-refractivity contribution in [2.24, 2.45) is 5.92 Å². The van der Waals surface area contributed by atoms with E-state index in [0.29, 0.717) is 0 Å². The van der Waals surface area contributed by atoms with Crippen molar-refractivity contribution in [2.75, 3.05) is 13.1 Å². The molecular formula is C12H27N. The molecule has 0 aliphatic rings. The lowest BCUT2D eigenvalue weighted by atomic mass is 10.1. The molecular weight excluding hydrogens is 158 g/mol. The van der Waals surface area contributed by atoms with Crippen LogP contribution in [0.25, 0.3) is 0 Å². The SMILES string of the molecule is CCCCNCCCCCC(C)C. The largest absolute Gasteiger partial charge is 0.317 e. The molecule has 0 bridgehead atoms. The minimum absolute atomic E-state index is 0.882. The van der Waals surface area contributed by atoms with Crippen molar-refractivity contribution in [3.8, 4) is 0 Å². The third-order valence-corrected chi connectivity index (χ3v) is 2.34. The molecule has 0 aliphatic carbocycles. The molecule has 0 heterocycles. The summed E-state index contributed by atoms with van der Waals surface area (Å²) in [5.41, 5.74) is 0. The van der Waals surface area contributed by atoms with Crippen molar-refractivity contribution in [3.05, 3.63) is 0 Å². The van der Waals surface area contributed by atoms with Gasteiger partial charge in [0.25, 0.3) is 0 Å². The van der Waals surface area contributed by atoms with Crippen molar-refractivity contribution in [1.82, 2.24) is 5.32 Å². The summed E-state index contributed by atoms with van der Waals surface area (Å²) in [5, 5.41) is 3.47. The maximum absolute atomic E-state index is 3.47. The molecule has 0 spiro atoms. The monoisotopic (exact) mass is 185 g/mol. The standard InChI is InChI=1S/C12H27N/c1-4-5-10-13-11-8-6-7-9-12(2)3/h12-13H,4-11H2,1-3H3. The van der Waals surface area contributed by atoms with Gasteiger partial charge in [-0.1, -0.05) is 46.5 Å². The maximum atomic E-state index is 3.47. The summed E-state index contributed by atoms with van der Waals surface area (Å²) in [6, 6.07) is 0. The zero-order valence-corrected chi connectivity index (χ0v) is 9.73. The average Bonchev–Trinajstić information content (AvgIpc) is 2.09. The van der Waals surface area contributed by atoms with Gasteiger partial charge >= 0.3 is 0 Å². The zero-order valence-electron chi connectivity index (χ0n) is 9.73. The molecule has 0 saturated heterocycles. The van der Waals surface area contributed by atoms with E-state index in [1.807, 2.05) is 0 Å². The summed E-state index contributed by atoms with van der Waals surface area (Å²) < 4.78 is 0. The Kier molecular flexibility index (Phi) is 10.0. The average molecular weight is 185 g/mol. The van der Waals surface area contributed by atoms with Crippen LogP contribution in [0.3, 0.4) is 0 Å². The third-order valence-electron chi connectivity index (χ3n) is 2.34. The normalized spacial score (nSPS) is 11.1.